The summed E-state index contributed by atoms with van der Waals surface area (Å²) >= 11 is 0. The molecule has 1 atom stereocenters. The highest BCUT2D eigenvalue weighted by molar-refractivity contribution is 5.94. The minimum atomic E-state index is -0.258. The molecule has 4 aromatic rings. The first-order valence-corrected chi connectivity index (χ1v) is 14.5. The van der Waals surface area contributed by atoms with Gasteiger partial charge >= 0.3 is 0 Å². The molecule has 0 bridgehead atoms. The number of likely N-dealkylation sites (N-methyl/N-ethyl adjacent to an activating group) is 1. The van der Waals surface area contributed by atoms with E-state index < -0.39 is 0 Å². The standard InChI is InChI=1S/C32H34N6O4/c1-36-15-14-24-19-26-29(42-20-41-26)30(40-2)27(24)28(36)31-33-34-35-38(31)25-10-8-23(9-11-25)32(39)37-16-12-22(13-17-37)18-21-6-4-3-5-7-21/h3-11,19,22,28H,12-18,20H2,1-2H3. The van der Waals surface area contributed by atoms with Crippen molar-refractivity contribution in [1.29, 1.82) is 0 Å². The molecule has 10 heteroatoms. The number of carbonyl (C=O) groups excluding carboxylic acids is 1. The first kappa shape index (κ1) is 26.5. The van der Waals surface area contributed by atoms with Gasteiger partial charge < -0.3 is 19.1 Å². The van der Waals surface area contributed by atoms with E-state index in [4.69, 9.17) is 14.2 Å². The normalized spacial score (nSPS) is 18.6. The second kappa shape index (κ2) is 11.1. The smallest absolute Gasteiger partial charge is 0.253 e. The highest BCUT2D eigenvalue weighted by atomic mass is 16.7. The molecular weight excluding hydrogens is 532 g/mol. The van der Waals surface area contributed by atoms with Crippen molar-refractivity contribution in [3.8, 4) is 22.9 Å². The van der Waals surface area contributed by atoms with Gasteiger partial charge in [-0.2, -0.15) is 4.68 Å². The topological polar surface area (TPSA) is 94.8 Å². The highest BCUT2D eigenvalue weighted by Gasteiger charge is 2.38. The Morgan fingerprint density at radius 1 is 1.02 bits per heavy atom. The summed E-state index contributed by atoms with van der Waals surface area (Å²) in [7, 11) is 3.70. The van der Waals surface area contributed by atoms with Crippen LogP contribution in [0.5, 0.6) is 17.2 Å². The van der Waals surface area contributed by atoms with Gasteiger partial charge in [0.15, 0.2) is 17.3 Å². The number of carbonyl (C=O) groups is 1. The molecule has 0 saturated carbocycles. The van der Waals surface area contributed by atoms with Crippen LogP contribution in [0.4, 0.5) is 0 Å². The van der Waals surface area contributed by atoms with Gasteiger partial charge in [-0.3, -0.25) is 9.69 Å². The predicted octanol–water partition coefficient (Wildman–Crippen LogP) is 4.07. The highest BCUT2D eigenvalue weighted by Crippen LogP contribution is 2.50. The number of rotatable bonds is 6. The average molecular weight is 567 g/mol. The number of benzene rings is 3. The number of ether oxygens (including phenoxy) is 3. The molecule has 0 spiro atoms. The van der Waals surface area contributed by atoms with Crippen LogP contribution < -0.4 is 14.2 Å². The van der Waals surface area contributed by atoms with Crippen LogP contribution in [-0.2, 0) is 12.8 Å². The Balaban J connectivity index is 1.10. The van der Waals surface area contributed by atoms with Crippen LogP contribution in [0.25, 0.3) is 5.69 Å². The largest absolute Gasteiger partial charge is 0.492 e. The Morgan fingerprint density at radius 2 is 1.81 bits per heavy atom. The Labute approximate surface area is 244 Å². The minimum absolute atomic E-state index is 0.0680. The quantitative estimate of drug-likeness (QED) is 0.345. The van der Waals surface area contributed by atoms with E-state index in [-0.39, 0.29) is 18.7 Å². The number of likely N-dealkylation sites (tertiary alicyclic amines) is 1. The van der Waals surface area contributed by atoms with Gasteiger partial charge in [0.2, 0.25) is 12.5 Å². The number of aromatic nitrogens is 4. The molecule has 3 aliphatic heterocycles. The maximum absolute atomic E-state index is 13.4. The molecule has 42 heavy (non-hydrogen) atoms. The summed E-state index contributed by atoms with van der Waals surface area (Å²) in [6, 6.07) is 20.0. The number of methoxy groups -OCH3 is 1. The van der Waals surface area contributed by atoms with E-state index in [0.717, 1.165) is 62.1 Å². The van der Waals surface area contributed by atoms with Crippen LogP contribution in [-0.4, -0.2) is 76.5 Å². The van der Waals surface area contributed by atoms with E-state index in [1.807, 2.05) is 35.2 Å². The van der Waals surface area contributed by atoms with Gasteiger partial charge in [0.1, 0.15) is 6.04 Å². The number of hydrogen-bond donors (Lipinski definition) is 0. The fourth-order valence-corrected chi connectivity index (χ4v) is 6.52. The van der Waals surface area contributed by atoms with E-state index in [1.165, 1.54) is 5.56 Å². The van der Waals surface area contributed by atoms with Gasteiger partial charge in [0, 0.05) is 30.8 Å². The Hall–Kier alpha value is -4.44. The van der Waals surface area contributed by atoms with Gasteiger partial charge in [0.05, 0.1) is 12.8 Å². The molecule has 1 saturated heterocycles. The lowest BCUT2D eigenvalue weighted by molar-refractivity contribution is 0.0690. The number of nitrogens with zero attached hydrogens (tertiary/aromatic N) is 6. The van der Waals surface area contributed by atoms with Gasteiger partial charge in [-0.1, -0.05) is 30.3 Å². The van der Waals surface area contributed by atoms with E-state index in [1.54, 1.807) is 11.8 Å². The lowest BCUT2D eigenvalue weighted by Crippen LogP contribution is -2.38. The predicted molar refractivity (Wildman–Crippen MR) is 155 cm³/mol. The zero-order chi connectivity index (χ0) is 28.6. The third kappa shape index (κ3) is 4.75. The Morgan fingerprint density at radius 3 is 2.57 bits per heavy atom. The summed E-state index contributed by atoms with van der Waals surface area (Å²) in [5, 5.41) is 12.8. The first-order valence-electron chi connectivity index (χ1n) is 14.5. The number of hydrogen-bond acceptors (Lipinski definition) is 8. The van der Waals surface area contributed by atoms with E-state index >= 15 is 0 Å². The Kier molecular flexibility index (Phi) is 6.99. The van der Waals surface area contributed by atoms with E-state index in [9.17, 15) is 4.79 Å². The van der Waals surface area contributed by atoms with Crippen molar-refractivity contribution in [2.45, 2.75) is 31.7 Å². The van der Waals surface area contributed by atoms with Crippen LogP contribution in [0.1, 0.15) is 51.8 Å². The molecule has 0 aliphatic carbocycles. The lowest BCUT2D eigenvalue weighted by Gasteiger charge is -2.34. The van der Waals surface area contributed by atoms with Gasteiger partial charge in [-0.05, 0) is 90.5 Å². The molecule has 0 radical (unpaired) electrons. The Bertz CT molecular complexity index is 1580. The number of piperidine rings is 1. The summed E-state index contributed by atoms with van der Waals surface area (Å²) in [4.78, 5) is 17.5. The fourth-order valence-electron chi connectivity index (χ4n) is 6.52. The summed E-state index contributed by atoms with van der Waals surface area (Å²) < 4.78 is 19.0. The maximum Gasteiger partial charge on any atom is 0.253 e. The third-order valence-electron chi connectivity index (χ3n) is 8.76. The summed E-state index contributed by atoms with van der Waals surface area (Å²) in [6.07, 6.45) is 3.96. The first-order chi connectivity index (χ1) is 20.6. The van der Waals surface area contributed by atoms with Gasteiger partial charge in [-0.15, -0.1) is 5.10 Å². The molecule has 3 aromatic carbocycles. The second-order valence-electron chi connectivity index (χ2n) is 11.3. The van der Waals surface area contributed by atoms with Crippen molar-refractivity contribution >= 4 is 5.91 Å². The molecular formula is C32H34N6O4. The van der Waals surface area contributed by atoms with E-state index in [2.05, 4.69) is 57.8 Å². The zero-order valence-corrected chi connectivity index (χ0v) is 23.9. The SMILES string of the molecule is COc1c2c(cc3c1C(c1nnnn1-c1ccc(C(=O)N4CCC(Cc5ccccc5)CC4)cc1)N(C)CC3)OCO2. The second-order valence-corrected chi connectivity index (χ2v) is 11.3. The monoisotopic (exact) mass is 566 g/mol. The van der Waals surface area contributed by atoms with Crippen molar-refractivity contribution in [2.24, 2.45) is 5.92 Å². The fraction of sp³-hybridized carbons (Fsp3) is 0.375. The minimum Gasteiger partial charge on any atom is -0.492 e. The summed E-state index contributed by atoms with van der Waals surface area (Å²) in [5.41, 5.74) is 4.93. The van der Waals surface area contributed by atoms with Crippen molar-refractivity contribution in [1.82, 2.24) is 30.0 Å². The zero-order valence-electron chi connectivity index (χ0n) is 23.9. The number of fused-ring (bicyclic) bond motifs is 2. The molecule has 4 heterocycles. The number of tetrazole rings is 1. The van der Waals surface area contributed by atoms with Crippen LogP contribution in [0.3, 0.4) is 0 Å². The molecule has 1 aromatic heterocycles. The van der Waals surface area contributed by atoms with Gasteiger partial charge in [0.25, 0.3) is 5.91 Å². The maximum atomic E-state index is 13.4. The van der Waals surface area contributed by atoms with Crippen LogP contribution in [0.15, 0.2) is 60.7 Å². The van der Waals surface area contributed by atoms with Gasteiger partial charge in [-0.25, -0.2) is 0 Å². The molecule has 216 valence electrons. The number of amides is 1. The van der Waals surface area contributed by atoms with Crippen molar-refractivity contribution in [3.05, 3.63) is 88.7 Å². The van der Waals surface area contributed by atoms with Crippen LogP contribution in [0.2, 0.25) is 0 Å². The van der Waals surface area contributed by atoms with E-state index in [0.29, 0.717) is 34.6 Å². The molecule has 7 rings (SSSR count). The molecule has 1 fully saturated rings. The lowest BCUT2D eigenvalue weighted by atomic mass is 9.90. The van der Waals surface area contributed by atoms with Crippen molar-refractivity contribution < 1.29 is 19.0 Å². The van der Waals surface area contributed by atoms with Crippen LogP contribution in [0, 0.1) is 5.92 Å². The average Bonchev–Trinajstić information content (AvgIpc) is 3.71. The van der Waals surface area contributed by atoms with Crippen molar-refractivity contribution in [2.75, 3.05) is 40.6 Å². The summed E-state index contributed by atoms with van der Waals surface area (Å²) in [5.74, 6) is 3.31. The summed E-state index contributed by atoms with van der Waals surface area (Å²) in [6.45, 7) is 2.55. The van der Waals surface area contributed by atoms with Crippen molar-refractivity contribution in [3.63, 3.8) is 0 Å². The molecule has 1 unspecified atom stereocenters. The molecule has 10 nitrogen and oxygen atoms in total. The third-order valence-corrected chi connectivity index (χ3v) is 8.76. The molecule has 3 aliphatic rings. The molecule has 1 amide bonds. The van der Waals surface area contributed by atoms with Crippen LogP contribution >= 0.6 is 0 Å². The molecule has 0 N–H and O–H groups in total.